The van der Waals surface area contributed by atoms with Crippen LogP contribution in [-0.4, -0.2) is 22.7 Å². The maximum atomic E-state index is 12.0. The molecule has 0 radical (unpaired) electrons. The molecule has 0 saturated carbocycles. The molecule has 0 spiro atoms. The molecule has 0 N–H and O–H groups in total. The van der Waals surface area contributed by atoms with Gasteiger partial charge < -0.3 is 14.0 Å². The summed E-state index contributed by atoms with van der Waals surface area (Å²) in [5.41, 5.74) is 2.72. The Balaban J connectivity index is 1.59. The fourth-order valence-corrected chi connectivity index (χ4v) is 2.49. The SMILES string of the molecule is CCOc1ccccc1/C=C/C(=O)OCc1nc(-c2ccccc2C)no1. The minimum Gasteiger partial charge on any atom is -0.493 e. The molecule has 27 heavy (non-hydrogen) atoms. The van der Waals surface area contributed by atoms with E-state index in [1.165, 1.54) is 6.08 Å². The zero-order valence-corrected chi connectivity index (χ0v) is 15.2. The Bertz CT molecular complexity index is 947. The molecule has 0 aliphatic carbocycles. The van der Waals surface area contributed by atoms with Crippen LogP contribution in [0.2, 0.25) is 0 Å². The van der Waals surface area contributed by atoms with Crippen molar-refractivity contribution in [2.45, 2.75) is 20.5 Å². The zero-order valence-electron chi connectivity index (χ0n) is 15.2. The van der Waals surface area contributed by atoms with Gasteiger partial charge in [0, 0.05) is 17.2 Å². The van der Waals surface area contributed by atoms with Gasteiger partial charge in [-0.25, -0.2) is 4.79 Å². The van der Waals surface area contributed by atoms with Crippen LogP contribution in [0.1, 0.15) is 23.9 Å². The summed E-state index contributed by atoms with van der Waals surface area (Å²) in [4.78, 5) is 16.2. The summed E-state index contributed by atoms with van der Waals surface area (Å²) in [6.07, 6.45) is 3.00. The molecule has 1 aromatic heterocycles. The van der Waals surface area contributed by atoms with Crippen LogP contribution in [0, 0.1) is 6.92 Å². The molecule has 0 saturated heterocycles. The van der Waals surface area contributed by atoms with Crippen molar-refractivity contribution in [1.82, 2.24) is 10.1 Å². The lowest BCUT2D eigenvalue weighted by molar-refractivity contribution is -0.139. The highest BCUT2D eigenvalue weighted by Gasteiger charge is 2.11. The van der Waals surface area contributed by atoms with Crippen LogP contribution in [0.5, 0.6) is 5.75 Å². The first-order chi connectivity index (χ1) is 13.2. The molecule has 0 amide bonds. The third kappa shape index (κ3) is 4.82. The summed E-state index contributed by atoms with van der Waals surface area (Å²) in [5.74, 6) is 0.922. The van der Waals surface area contributed by atoms with Gasteiger partial charge in [-0.05, 0) is 31.6 Å². The second-order valence-corrected chi connectivity index (χ2v) is 5.74. The fraction of sp³-hybridized carbons (Fsp3) is 0.190. The molecule has 6 nitrogen and oxygen atoms in total. The normalized spacial score (nSPS) is 10.9. The average Bonchev–Trinajstić information content (AvgIpc) is 3.15. The number of rotatable bonds is 7. The van der Waals surface area contributed by atoms with Gasteiger partial charge in [0.25, 0.3) is 5.89 Å². The molecule has 0 aliphatic heterocycles. The van der Waals surface area contributed by atoms with E-state index in [4.69, 9.17) is 14.0 Å². The van der Waals surface area contributed by atoms with E-state index in [0.29, 0.717) is 18.2 Å². The molecule has 0 bridgehead atoms. The van der Waals surface area contributed by atoms with Crippen LogP contribution in [0.15, 0.2) is 59.1 Å². The van der Waals surface area contributed by atoms with Crippen molar-refractivity contribution < 1.29 is 18.8 Å². The summed E-state index contributed by atoms with van der Waals surface area (Å²) in [6, 6.07) is 15.2. The van der Waals surface area contributed by atoms with Crippen LogP contribution in [0.3, 0.4) is 0 Å². The summed E-state index contributed by atoms with van der Waals surface area (Å²) in [5, 5.41) is 3.94. The Morgan fingerprint density at radius 1 is 1.15 bits per heavy atom. The van der Waals surface area contributed by atoms with E-state index in [1.807, 2.05) is 62.4 Å². The molecule has 2 aromatic carbocycles. The second-order valence-electron chi connectivity index (χ2n) is 5.74. The van der Waals surface area contributed by atoms with Gasteiger partial charge in [0.15, 0.2) is 6.61 Å². The van der Waals surface area contributed by atoms with Gasteiger partial charge >= 0.3 is 5.97 Å². The number of carbonyl (C=O) groups excluding carboxylic acids is 1. The van der Waals surface area contributed by atoms with Crippen molar-refractivity contribution in [3.63, 3.8) is 0 Å². The van der Waals surface area contributed by atoms with E-state index in [9.17, 15) is 4.79 Å². The van der Waals surface area contributed by atoms with Gasteiger partial charge in [-0.15, -0.1) is 0 Å². The summed E-state index contributed by atoms with van der Waals surface area (Å²) < 4.78 is 15.8. The number of hydrogen-bond acceptors (Lipinski definition) is 6. The first kappa shape index (κ1) is 18.4. The molecule has 6 heteroatoms. The molecular weight excluding hydrogens is 344 g/mol. The second kappa shape index (κ2) is 8.80. The number of esters is 1. The molecule has 0 atom stereocenters. The molecular formula is C21H20N2O4. The highest BCUT2D eigenvalue weighted by molar-refractivity contribution is 5.87. The summed E-state index contributed by atoms with van der Waals surface area (Å²) in [7, 11) is 0. The van der Waals surface area contributed by atoms with E-state index >= 15 is 0 Å². The van der Waals surface area contributed by atoms with E-state index in [2.05, 4.69) is 10.1 Å². The van der Waals surface area contributed by atoms with Crippen molar-refractivity contribution in [2.24, 2.45) is 0 Å². The monoisotopic (exact) mass is 364 g/mol. The van der Waals surface area contributed by atoms with Crippen LogP contribution >= 0.6 is 0 Å². The molecule has 1 heterocycles. The minimum atomic E-state index is -0.503. The van der Waals surface area contributed by atoms with Gasteiger partial charge in [-0.3, -0.25) is 0 Å². The molecule has 0 aliphatic rings. The first-order valence-corrected chi connectivity index (χ1v) is 8.62. The third-order valence-corrected chi connectivity index (χ3v) is 3.81. The highest BCUT2D eigenvalue weighted by atomic mass is 16.6. The molecule has 138 valence electrons. The lowest BCUT2D eigenvalue weighted by Gasteiger charge is -2.06. The van der Waals surface area contributed by atoms with Crippen LogP contribution < -0.4 is 4.74 Å². The fourth-order valence-electron chi connectivity index (χ4n) is 2.49. The van der Waals surface area contributed by atoms with Crippen molar-refractivity contribution in [3.8, 4) is 17.1 Å². The first-order valence-electron chi connectivity index (χ1n) is 8.62. The number of para-hydroxylation sites is 1. The van der Waals surface area contributed by atoms with Crippen LogP contribution in [-0.2, 0) is 16.1 Å². The maximum absolute atomic E-state index is 12.0. The Morgan fingerprint density at radius 2 is 1.93 bits per heavy atom. The predicted octanol–water partition coefficient (Wildman–Crippen LogP) is 4.20. The minimum absolute atomic E-state index is 0.0881. The Morgan fingerprint density at radius 3 is 2.74 bits per heavy atom. The summed E-state index contributed by atoms with van der Waals surface area (Å²) >= 11 is 0. The summed E-state index contributed by atoms with van der Waals surface area (Å²) in [6.45, 7) is 4.34. The lowest BCUT2D eigenvalue weighted by atomic mass is 10.1. The van der Waals surface area contributed by atoms with Gasteiger partial charge in [0.1, 0.15) is 5.75 Å². The van der Waals surface area contributed by atoms with Crippen molar-refractivity contribution in [3.05, 3.63) is 71.6 Å². The highest BCUT2D eigenvalue weighted by Crippen LogP contribution is 2.21. The van der Waals surface area contributed by atoms with E-state index in [1.54, 1.807) is 6.08 Å². The van der Waals surface area contributed by atoms with E-state index in [-0.39, 0.29) is 12.5 Å². The van der Waals surface area contributed by atoms with Crippen molar-refractivity contribution in [2.75, 3.05) is 6.61 Å². The number of carbonyl (C=O) groups is 1. The molecule has 3 aromatic rings. The molecule has 0 unspecified atom stereocenters. The van der Waals surface area contributed by atoms with Crippen molar-refractivity contribution in [1.29, 1.82) is 0 Å². The zero-order chi connectivity index (χ0) is 19.1. The van der Waals surface area contributed by atoms with Crippen LogP contribution in [0.25, 0.3) is 17.5 Å². The number of aryl methyl sites for hydroxylation is 1. The van der Waals surface area contributed by atoms with E-state index in [0.717, 1.165) is 16.7 Å². The Kier molecular flexibility index (Phi) is 5.99. The Labute approximate surface area is 157 Å². The maximum Gasteiger partial charge on any atom is 0.331 e. The number of hydrogen-bond donors (Lipinski definition) is 0. The standard InChI is InChI=1S/C21H20N2O4/c1-3-25-18-11-7-5-9-16(18)12-13-20(24)26-14-19-22-21(23-27-19)17-10-6-4-8-15(17)2/h4-13H,3,14H2,1-2H3/b13-12+. The number of nitrogens with zero attached hydrogens (tertiary/aromatic N) is 2. The van der Waals surface area contributed by atoms with Gasteiger partial charge in [-0.1, -0.05) is 47.6 Å². The van der Waals surface area contributed by atoms with Crippen LogP contribution in [0.4, 0.5) is 0 Å². The lowest BCUT2D eigenvalue weighted by Crippen LogP contribution is -2.01. The average molecular weight is 364 g/mol. The topological polar surface area (TPSA) is 74.5 Å². The molecule has 3 rings (SSSR count). The smallest absolute Gasteiger partial charge is 0.331 e. The van der Waals surface area contributed by atoms with E-state index < -0.39 is 5.97 Å². The third-order valence-electron chi connectivity index (χ3n) is 3.81. The molecule has 0 fully saturated rings. The number of ether oxygens (including phenoxy) is 2. The quantitative estimate of drug-likeness (QED) is 0.462. The number of benzene rings is 2. The largest absolute Gasteiger partial charge is 0.493 e. The van der Waals surface area contributed by atoms with Crippen molar-refractivity contribution >= 4 is 12.0 Å². The van der Waals surface area contributed by atoms with Gasteiger partial charge in [0.05, 0.1) is 6.61 Å². The predicted molar refractivity (Wildman–Crippen MR) is 101 cm³/mol. The Hall–Kier alpha value is -3.41. The van der Waals surface area contributed by atoms with Gasteiger partial charge in [0.2, 0.25) is 5.82 Å². The number of aromatic nitrogens is 2. The van der Waals surface area contributed by atoms with Gasteiger partial charge in [-0.2, -0.15) is 4.98 Å².